The van der Waals surface area contributed by atoms with Crippen molar-refractivity contribution in [3.8, 4) is 11.5 Å². The fourth-order valence-electron chi connectivity index (χ4n) is 3.94. The van der Waals surface area contributed by atoms with Gasteiger partial charge < -0.3 is 14.8 Å². The molecule has 1 N–H and O–H groups in total. The van der Waals surface area contributed by atoms with Crippen molar-refractivity contribution >= 4 is 0 Å². The second kappa shape index (κ2) is 5.04. The van der Waals surface area contributed by atoms with Crippen LogP contribution in [-0.2, 0) is 0 Å². The monoisotopic (exact) mass is 261 g/mol. The molecular formula is C16H23NO2. The van der Waals surface area contributed by atoms with E-state index in [4.69, 9.17) is 9.47 Å². The van der Waals surface area contributed by atoms with Gasteiger partial charge in [0, 0.05) is 17.7 Å². The molecule has 1 aromatic carbocycles. The first-order valence-electron chi connectivity index (χ1n) is 7.24. The van der Waals surface area contributed by atoms with Gasteiger partial charge in [-0.1, -0.05) is 18.9 Å². The van der Waals surface area contributed by atoms with E-state index in [9.17, 15) is 0 Å². The maximum atomic E-state index is 5.58. The van der Waals surface area contributed by atoms with Gasteiger partial charge in [-0.25, -0.2) is 0 Å². The Kier molecular flexibility index (Phi) is 3.40. The molecule has 1 unspecified atom stereocenters. The van der Waals surface area contributed by atoms with Gasteiger partial charge in [0.1, 0.15) is 11.5 Å². The van der Waals surface area contributed by atoms with Crippen LogP contribution in [0.2, 0.25) is 0 Å². The third-order valence-electron chi connectivity index (χ3n) is 4.93. The van der Waals surface area contributed by atoms with Gasteiger partial charge in [0.2, 0.25) is 0 Å². The quantitative estimate of drug-likeness (QED) is 0.905. The van der Waals surface area contributed by atoms with E-state index >= 15 is 0 Å². The van der Waals surface area contributed by atoms with Crippen molar-refractivity contribution in [3.05, 3.63) is 23.8 Å². The number of methoxy groups -OCH3 is 2. The minimum absolute atomic E-state index is 0.441. The van der Waals surface area contributed by atoms with Gasteiger partial charge in [-0.2, -0.15) is 0 Å². The van der Waals surface area contributed by atoms with Gasteiger partial charge >= 0.3 is 0 Å². The van der Waals surface area contributed by atoms with Gasteiger partial charge in [0.15, 0.2) is 0 Å². The zero-order valence-corrected chi connectivity index (χ0v) is 11.9. The summed E-state index contributed by atoms with van der Waals surface area (Å²) in [6.45, 7) is 1.12. The van der Waals surface area contributed by atoms with Crippen molar-refractivity contribution in [1.29, 1.82) is 0 Å². The van der Waals surface area contributed by atoms with Crippen LogP contribution in [0.5, 0.6) is 11.5 Å². The average molecular weight is 261 g/mol. The Balaban J connectivity index is 1.96. The lowest BCUT2D eigenvalue weighted by atomic mass is 9.76. The van der Waals surface area contributed by atoms with Crippen LogP contribution in [0.25, 0.3) is 0 Å². The molecule has 1 aliphatic carbocycles. The molecule has 19 heavy (non-hydrogen) atoms. The maximum Gasteiger partial charge on any atom is 0.127 e. The highest BCUT2D eigenvalue weighted by Crippen LogP contribution is 2.54. The summed E-state index contributed by atoms with van der Waals surface area (Å²) in [7, 11) is 3.44. The van der Waals surface area contributed by atoms with Crippen LogP contribution in [0.1, 0.15) is 43.7 Å². The molecule has 1 saturated heterocycles. The fourth-order valence-corrected chi connectivity index (χ4v) is 3.94. The summed E-state index contributed by atoms with van der Waals surface area (Å²) >= 11 is 0. The lowest BCUT2D eigenvalue weighted by Crippen LogP contribution is -2.26. The fraction of sp³-hybridized carbons (Fsp3) is 0.625. The van der Waals surface area contributed by atoms with E-state index in [1.807, 2.05) is 12.1 Å². The number of ether oxygens (including phenoxy) is 2. The number of benzene rings is 1. The number of hydrogen-bond donors (Lipinski definition) is 1. The first-order chi connectivity index (χ1) is 9.29. The Morgan fingerprint density at radius 2 is 1.89 bits per heavy atom. The molecule has 3 heteroatoms. The lowest BCUT2D eigenvalue weighted by Gasteiger charge is -2.32. The Morgan fingerprint density at radius 1 is 1.11 bits per heavy atom. The molecule has 0 radical (unpaired) electrons. The minimum Gasteiger partial charge on any atom is -0.497 e. The predicted octanol–water partition coefficient (Wildman–Crippen LogP) is 3.30. The van der Waals surface area contributed by atoms with E-state index in [2.05, 4.69) is 11.4 Å². The average Bonchev–Trinajstić information content (AvgIpc) is 3.09. The third kappa shape index (κ3) is 2.10. The van der Waals surface area contributed by atoms with E-state index in [1.165, 1.54) is 37.7 Å². The van der Waals surface area contributed by atoms with Crippen molar-refractivity contribution in [2.75, 3.05) is 20.8 Å². The highest BCUT2D eigenvalue weighted by atomic mass is 16.5. The normalized spacial score (nSPS) is 24.8. The Morgan fingerprint density at radius 3 is 2.58 bits per heavy atom. The summed E-state index contributed by atoms with van der Waals surface area (Å²) in [5, 5.41) is 3.70. The van der Waals surface area contributed by atoms with Crippen LogP contribution in [0.4, 0.5) is 0 Å². The second-order valence-electron chi connectivity index (χ2n) is 5.81. The molecular weight excluding hydrogens is 238 g/mol. The maximum absolute atomic E-state index is 5.58. The van der Waals surface area contributed by atoms with Gasteiger partial charge in [-0.15, -0.1) is 0 Å². The molecule has 0 bridgehead atoms. The highest BCUT2D eigenvalue weighted by Gasteiger charge is 2.46. The standard InChI is InChI=1S/C16H23NO2/c1-18-12-5-6-13(14(11-12)19-2)15-16(9-10-17-15)7-3-4-8-16/h5-6,11,15,17H,3-4,7-10H2,1-2H3. The molecule has 1 heterocycles. The molecule has 3 nitrogen and oxygen atoms in total. The van der Waals surface area contributed by atoms with Crippen LogP contribution in [0.3, 0.4) is 0 Å². The summed E-state index contributed by atoms with van der Waals surface area (Å²) < 4.78 is 10.9. The van der Waals surface area contributed by atoms with E-state index < -0.39 is 0 Å². The van der Waals surface area contributed by atoms with E-state index in [1.54, 1.807) is 14.2 Å². The molecule has 1 aromatic rings. The van der Waals surface area contributed by atoms with Crippen molar-refractivity contribution in [2.45, 2.75) is 38.1 Å². The molecule has 2 fully saturated rings. The van der Waals surface area contributed by atoms with Crippen LogP contribution in [0.15, 0.2) is 18.2 Å². The van der Waals surface area contributed by atoms with Gasteiger partial charge in [-0.3, -0.25) is 0 Å². The van der Waals surface area contributed by atoms with Crippen molar-refractivity contribution in [3.63, 3.8) is 0 Å². The molecule has 2 aliphatic rings. The smallest absolute Gasteiger partial charge is 0.127 e. The first kappa shape index (κ1) is 12.8. The minimum atomic E-state index is 0.441. The van der Waals surface area contributed by atoms with Crippen LogP contribution < -0.4 is 14.8 Å². The molecule has 1 spiro atoms. The second-order valence-corrected chi connectivity index (χ2v) is 5.81. The molecule has 1 saturated carbocycles. The molecule has 3 rings (SSSR count). The van der Waals surface area contributed by atoms with Gasteiger partial charge in [0.25, 0.3) is 0 Å². The van der Waals surface area contributed by atoms with Crippen molar-refractivity contribution in [2.24, 2.45) is 5.41 Å². The summed E-state index contributed by atoms with van der Waals surface area (Å²) in [5.41, 5.74) is 1.75. The number of rotatable bonds is 3. The largest absolute Gasteiger partial charge is 0.497 e. The summed E-state index contributed by atoms with van der Waals surface area (Å²) in [4.78, 5) is 0. The van der Waals surface area contributed by atoms with Gasteiger partial charge in [-0.05, 0) is 37.3 Å². The van der Waals surface area contributed by atoms with Crippen molar-refractivity contribution < 1.29 is 9.47 Å². The molecule has 0 aromatic heterocycles. The number of nitrogens with one attached hydrogen (secondary N) is 1. The molecule has 1 aliphatic heterocycles. The molecule has 104 valence electrons. The summed E-state index contributed by atoms with van der Waals surface area (Å²) in [5.74, 6) is 1.81. The third-order valence-corrected chi connectivity index (χ3v) is 4.93. The SMILES string of the molecule is COc1ccc(C2NCCC23CCCC3)c(OC)c1. The summed E-state index contributed by atoms with van der Waals surface area (Å²) in [6.07, 6.45) is 6.74. The molecule has 1 atom stereocenters. The Labute approximate surface area is 115 Å². The molecule has 0 amide bonds. The highest BCUT2D eigenvalue weighted by molar-refractivity contribution is 5.44. The van der Waals surface area contributed by atoms with Gasteiger partial charge in [0.05, 0.1) is 14.2 Å². The van der Waals surface area contributed by atoms with E-state index in [0.29, 0.717) is 11.5 Å². The Hall–Kier alpha value is -1.22. The van der Waals surface area contributed by atoms with Crippen molar-refractivity contribution in [1.82, 2.24) is 5.32 Å². The zero-order valence-electron chi connectivity index (χ0n) is 11.9. The number of hydrogen-bond acceptors (Lipinski definition) is 3. The van der Waals surface area contributed by atoms with Crippen LogP contribution >= 0.6 is 0 Å². The van der Waals surface area contributed by atoms with E-state index in [0.717, 1.165) is 18.0 Å². The van der Waals surface area contributed by atoms with Crippen LogP contribution in [-0.4, -0.2) is 20.8 Å². The summed E-state index contributed by atoms with van der Waals surface area (Å²) in [6, 6.07) is 6.65. The van der Waals surface area contributed by atoms with E-state index in [-0.39, 0.29) is 0 Å². The topological polar surface area (TPSA) is 30.5 Å². The predicted molar refractivity (Wildman–Crippen MR) is 75.8 cm³/mol. The lowest BCUT2D eigenvalue weighted by molar-refractivity contribution is 0.252. The van der Waals surface area contributed by atoms with Crippen LogP contribution in [0, 0.1) is 5.41 Å². The zero-order chi connectivity index (χ0) is 13.3. The Bertz CT molecular complexity index is 447. The first-order valence-corrected chi connectivity index (χ1v) is 7.24.